The van der Waals surface area contributed by atoms with Crippen molar-refractivity contribution in [3.05, 3.63) is 29.8 Å². The fourth-order valence-corrected chi connectivity index (χ4v) is 2.12. The van der Waals surface area contributed by atoms with Gasteiger partial charge in [-0.2, -0.15) is 0 Å². The molecule has 1 aromatic carbocycles. The Hall–Kier alpha value is -1.51. The molecule has 0 aliphatic carbocycles. The molecule has 0 radical (unpaired) electrons. The van der Waals surface area contributed by atoms with Gasteiger partial charge in [-0.05, 0) is 37.5 Å². The minimum atomic E-state index is 0.202. The van der Waals surface area contributed by atoms with Crippen molar-refractivity contribution < 1.29 is 4.79 Å². The van der Waals surface area contributed by atoms with Crippen LogP contribution in [0.5, 0.6) is 0 Å². The SMILES string of the molecule is CCCCN(C(=O)Cc1cccc(N)c1)C(C)CC. The lowest BCUT2D eigenvalue weighted by molar-refractivity contribution is -0.132. The van der Waals surface area contributed by atoms with Crippen molar-refractivity contribution in [2.45, 2.75) is 52.5 Å². The first kappa shape index (κ1) is 15.5. The number of hydrogen-bond acceptors (Lipinski definition) is 2. The summed E-state index contributed by atoms with van der Waals surface area (Å²) < 4.78 is 0. The van der Waals surface area contributed by atoms with Crippen LogP contribution in [-0.2, 0) is 11.2 Å². The molecule has 3 nitrogen and oxygen atoms in total. The van der Waals surface area contributed by atoms with Gasteiger partial charge in [-0.1, -0.05) is 32.4 Å². The Morgan fingerprint density at radius 1 is 1.37 bits per heavy atom. The highest BCUT2D eigenvalue weighted by Crippen LogP contribution is 2.12. The van der Waals surface area contributed by atoms with Gasteiger partial charge in [0.25, 0.3) is 0 Å². The van der Waals surface area contributed by atoms with Crippen LogP contribution in [0.1, 0.15) is 45.6 Å². The lowest BCUT2D eigenvalue weighted by Crippen LogP contribution is -2.40. The summed E-state index contributed by atoms with van der Waals surface area (Å²) in [7, 11) is 0. The number of nitrogens with two attached hydrogens (primary N) is 1. The molecule has 1 unspecified atom stereocenters. The first-order valence-corrected chi connectivity index (χ1v) is 7.22. The molecule has 0 aliphatic rings. The summed E-state index contributed by atoms with van der Waals surface area (Å²) >= 11 is 0. The van der Waals surface area contributed by atoms with E-state index in [-0.39, 0.29) is 5.91 Å². The van der Waals surface area contributed by atoms with Gasteiger partial charge in [0.05, 0.1) is 6.42 Å². The van der Waals surface area contributed by atoms with Gasteiger partial charge in [-0.15, -0.1) is 0 Å². The van der Waals surface area contributed by atoms with Crippen molar-refractivity contribution in [3.8, 4) is 0 Å². The van der Waals surface area contributed by atoms with Gasteiger partial charge in [0.15, 0.2) is 0 Å². The monoisotopic (exact) mass is 262 g/mol. The molecule has 1 atom stereocenters. The van der Waals surface area contributed by atoms with Crippen molar-refractivity contribution >= 4 is 11.6 Å². The van der Waals surface area contributed by atoms with Gasteiger partial charge < -0.3 is 10.6 Å². The van der Waals surface area contributed by atoms with E-state index in [9.17, 15) is 4.79 Å². The van der Waals surface area contributed by atoms with Crippen molar-refractivity contribution in [1.29, 1.82) is 0 Å². The van der Waals surface area contributed by atoms with Crippen LogP contribution in [0.3, 0.4) is 0 Å². The molecular weight excluding hydrogens is 236 g/mol. The topological polar surface area (TPSA) is 46.3 Å². The van der Waals surface area contributed by atoms with Gasteiger partial charge in [0.2, 0.25) is 5.91 Å². The van der Waals surface area contributed by atoms with E-state index in [0.29, 0.717) is 18.2 Å². The summed E-state index contributed by atoms with van der Waals surface area (Å²) in [5, 5.41) is 0. The molecule has 0 saturated heterocycles. The Morgan fingerprint density at radius 3 is 2.68 bits per heavy atom. The summed E-state index contributed by atoms with van der Waals surface area (Å²) in [6.45, 7) is 7.24. The summed E-state index contributed by atoms with van der Waals surface area (Å²) in [6.07, 6.45) is 3.61. The van der Waals surface area contributed by atoms with Crippen molar-refractivity contribution in [2.24, 2.45) is 0 Å². The number of carbonyl (C=O) groups excluding carboxylic acids is 1. The van der Waals surface area contributed by atoms with E-state index < -0.39 is 0 Å². The summed E-state index contributed by atoms with van der Waals surface area (Å²) in [5.74, 6) is 0.202. The van der Waals surface area contributed by atoms with Gasteiger partial charge in [0.1, 0.15) is 0 Å². The average Bonchev–Trinajstić information content (AvgIpc) is 2.38. The second-order valence-electron chi connectivity index (χ2n) is 5.12. The van der Waals surface area contributed by atoms with Crippen LogP contribution in [0, 0.1) is 0 Å². The molecule has 106 valence electrons. The van der Waals surface area contributed by atoms with Crippen LogP contribution >= 0.6 is 0 Å². The third-order valence-corrected chi connectivity index (χ3v) is 3.50. The number of nitrogens with zero attached hydrogens (tertiary/aromatic N) is 1. The highest BCUT2D eigenvalue weighted by atomic mass is 16.2. The second-order valence-corrected chi connectivity index (χ2v) is 5.12. The quantitative estimate of drug-likeness (QED) is 0.767. The van der Waals surface area contributed by atoms with E-state index in [1.54, 1.807) is 0 Å². The molecule has 0 aromatic heterocycles. The van der Waals surface area contributed by atoms with Crippen LogP contribution in [0.2, 0.25) is 0 Å². The fourth-order valence-electron chi connectivity index (χ4n) is 2.12. The first-order valence-electron chi connectivity index (χ1n) is 7.22. The largest absolute Gasteiger partial charge is 0.399 e. The Balaban J connectivity index is 2.70. The minimum Gasteiger partial charge on any atom is -0.399 e. The van der Waals surface area contributed by atoms with Crippen LogP contribution in [-0.4, -0.2) is 23.4 Å². The Kier molecular flexibility index (Phi) is 6.40. The number of hydrogen-bond donors (Lipinski definition) is 1. The van der Waals surface area contributed by atoms with Crippen LogP contribution < -0.4 is 5.73 Å². The van der Waals surface area contributed by atoms with E-state index in [0.717, 1.165) is 31.4 Å². The molecule has 0 aliphatic heterocycles. The smallest absolute Gasteiger partial charge is 0.227 e. The Morgan fingerprint density at radius 2 is 2.11 bits per heavy atom. The molecular formula is C16H26N2O. The minimum absolute atomic E-state index is 0.202. The van der Waals surface area contributed by atoms with Crippen LogP contribution in [0.4, 0.5) is 5.69 Å². The van der Waals surface area contributed by atoms with Gasteiger partial charge in [-0.3, -0.25) is 4.79 Å². The number of amides is 1. The predicted molar refractivity (Wildman–Crippen MR) is 80.9 cm³/mol. The summed E-state index contributed by atoms with van der Waals surface area (Å²) in [4.78, 5) is 14.4. The first-order chi connectivity index (χ1) is 9.08. The lowest BCUT2D eigenvalue weighted by Gasteiger charge is -2.28. The fraction of sp³-hybridized carbons (Fsp3) is 0.562. The third kappa shape index (κ3) is 4.93. The molecule has 1 aromatic rings. The van der Waals surface area contributed by atoms with Gasteiger partial charge >= 0.3 is 0 Å². The van der Waals surface area contributed by atoms with Gasteiger partial charge in [0, 0.05) is 18.3 Å². The number of rotatable bonds is 7. The standard InChI is InChI=1S/C16H26N2O/c1-4-6-10-18(13(3)5-2)16(19)12-14-8-7-9-15(17)11-14/h7-9,11,13H,4-6,10,12,17H2,1-3H3. The molecule has 1 rings (SSSR count). The molecule has 0 fully saturated rings. The van der Waals surface area contributed by atoms with Crippen LogP contribution in [0.25, 0.3) is 0 Å². The normalized spacial score (nSPS) is 12.2. The zero-order valence-electron chi connectivity index (χ0n) is 12.4. The zero-order valence-corrected chi connectivity index (χ0v) is 12.4. The number of nitrogen functional groups attached to an aromatic ring is 1. The zero-order chi connectivity index (χ0) is 14.3. The maximum atomic E-state index is 12.4. The Bertz CT molecular complexity index is 403. The van der Waals surface area contributed by atoms with Gasteiger partial charge in [-0.25, -0.2) is 0 Å². The molecule has 0 saturated carbocycles. The summed E-state index contributed by atoms with van der Waals surface area (Å²) in [5.41, 5.74) is 7.46. The second kappa shape index (κ2) is 7.82. The molecule has 2 N–H and O–H groups in total. The maximum absolute atomic E-state index is 12.4. The van der Waals surface area contributed by atoms with Crippen molar-refractivity contribution in [2.75, 3.05) is 12.3 Å². The van der Waals surface area contributed by atoms with Crippen molar-refractivity contribution in [3.63, 3.8) is 0 Å². The molecule has 0 heterocycles. The third-order valence-electron chi connectivity index (χ3n) is 3.50. The average molecular weight is 262 g/mol. The van der Waals surface area contributed by atoms with E-state index >= 15 is 0 Å². The predicted octanol–water partition coefficient (Wildman–Crippen LogP) is 3.24. The number of carbonyl (C=O) groups is 1. The number of anilines is 1. The summed E-state index contributed by atoms with van der Waals surface area (Å²) in [6, 6.07) is 7.89. The van der Waals surface area contributed by atoms with Crippen molar-refractivity contribution in [1.82, 2.24) is 4.90 Å². The molecule has 19 heavy (non-hydrogen) atoms. The lowest BCUT2D eigenvalue weighted by atomic mass is 10.1. The van der Waals surface area contributed by atoms with E-state index in [2.05, 4.69) is 20.8 Å². The van der Waals surface area contributed by atoms with Crippen LogP contribution in [0.15, 0.2) is 24.3 Å². The van der Waals surface area contributed by atoms with E-state index in [1.807, 2.05) is 29.2 Å². The Labute approximate surface area is 116 Å². The highest BCUT2D eigenvalue weighted by molar-refractivity contribution is 5.79. The number of benzene rings is 1. The number of unbranched alkanes of at least 4 members (excludes halogenated alkanes) is 1. The molecule has 0 bridgehead atoms. The van der Waals surface area contributed by atoms with E-state index in [4.69, 9.17) is 5.73 Å². The maximum Gasteiger partial charge on any atom is 0.227 e. The molecule has 0 spiro atoms. The molecule has 1 amide bonds. The highest BCUT2D eigenvalue weighted by Gasteiger charge is 2.18. The molecule has 3 heteroatoms. The van der Waals surface area contributed by atoms with E-state index in [1.165, 1.54) is 0 Å².